The van der Waals surface area contributed by atoms with Crippen LogP contribution in [-0.4, -0.2) is 30.9 Å². The van der Waals surface area contributed by atoms with E-state index in [0.717, 1.165) is 38.3 Å². The molecule has 0 amide bonds. The third kappa shape index (κ3) is 3.40. The molecule has 6 heteroatoms. The van der Waals surface area contributed by atoms with Gasteiger partial charge in [-0.2, -0.15) is 5.10 Å². The van der Waals surface area contributed by atoms with Gasteiger partial charge in [0.2, 0.25) is 0 Å². The fourth-order valence-electron chi connectivity index (χ4n) is 1.81. The standard InChI is InChI=1S/C12H20N6/c1-3-5-13-7-11-8-14-9-18(11)6-4-12-15-10-17(2)16-12/h8-10,13H,3-7H2,1-2H3. The molecule has 0 fully saturated rings. The Morgan fingerprint density at radius 3 is 2.94 bits per heavy atom. The summed E-state index contributed by atoms with van der Waals surface area (Å²) in [4.78, 5) is 8.42. The largest absolute Gasteiger partial charge is 0.333 e. The Labute approximate surface area is 107 Å². The summed E-state index contributed by atoms with van der Waals surface area (Å²) < 4.78 is 3.88. The van der Waals surface area contributed by atoms with E-state index in [9.17, 15) is 0 Å². The lowest BCUT2D eigenvalue weighted by molar-refractivity contribution is 0.594. The number of hydrogen-bond acceptors (Lipinski definition) is 4. The summed E-state index contributed by atoms with van der Waals surface area (Å²) in [5, 5.41) is 7.66. The highest BCUT2D eigenvalue weighted by atomic mass is 15.3. The van der Waals surface area contributed by atoms with Crippen LogP contribution in [0.3, 0.4) is 0 Å². The highest BCUT2D eigenvalue weighted by molar-refractivity contribution is 4.98. The molecule has 0 saturated heterocycles. The average Bonchev–Trinajstić information content (AvgIpc) is 2.96. The summed E-state index contributed by atoms with van der Waals surface area (Å²) in [6.07, 6.45) is 7.48. The summed E-state index contributed by atoms with van der Waals surface area (Å²) in [5.74, 6) is 0.874. The number of nitrogens with zero attached hydrogens (tertiary/aromatic N) is 5. The van der Waals surface area contributed by atoms with Crippen molar-refractivity contribution in [1.29, 1.82) is 0 Å². The van der Waals surface area contributed by atoms with Crippen molar-refractivity contribution in [3.05, 3.63) is 30.4 Å². The van der Waals surface area contributed by atoms with Crippen molar-refractivity contribution in [2.75, 3.05) is 6.54 Å². The summed E-state index contributed by atoms with van der Waals surface area (Å²) in [6, 6.07) is 0. The second-order valence-electron chi connectivity index (χ2n) is 4.34. The van der Waals surface area contributed by atoms with Gasteiger partial charge in [0.1, 0.15) is 6.33 Å². The van der Waals surface area contributed by atoms with Crippen molar-refractivity contribution >= 4 is 0 Å². The third-order valence-electron chi connectivity index (χ3n) is 2.75. The third-order valence-corrected chi connectivity index (χ3v) is 2.75. The van der Waals surface area contributed by atoms with Gasteiger partial charge in [-0.05, 0) is 13.0 Å². The average molecular weight is 248 g/mol. The van der Waals surface area contributed by atoms with E-state index in [4.69, 9.17) is 0 Å². The molecule has 0 bridgehead atoms. The van der Waals surface area contributed by atoms with Crippen molar-refractivity contribution in [2.45, 2.75) is 32.9 Å². The van der Waals surface area contributed by atoms with Gasteiger partial charge in [0.25, 0.3) is 0 Å². The molecule has 98 valence electrons. The molecule has 0 aliphatic heterocycles. The molecule has 1 N–H and O–H groups in total. The van der Waals surface area contributed by atoms with E-state index in [-0.39, 0.29) is 0 Å². The Morgan fingerprint density at radius 2 is 2.22 bits per heavy atom. The molecule has 0 unspecified atom stereocenters. The molecular weight excluding hydrogens is 228 g/mol. The lowest BCUT2D eigenvalue weighted by Crippen LogP contribution is -2.17. The van der Waals surface area contributed by atoms with E-state index < -0.39 is 0 Å². The van der Waals surface area contributed by atoms with Gasteiger partial charge in [-0.3, -0.25) is 4.68 Å². The fourth-order valence-corrected chi connectivity index (χ4v) is 1.81. The van der Waals surface area contributed by atoms with Crippen LogP contribution in [0.5, 0.6) is 0 Å². The van der Waals surface area contributed by atoms with E-state index in [1.54, 1.807) is 11.0 Å². The fraction of sp³-hybridized carbons (Fsp3) is 0.583. The quantitative estimate of drug-likeness (QED) is 0.735. The lowest BCUT2D eigenvalue weighted by Gasteiger charge is -2.07. The van der Waals surface area contributed by atoms with Gasteiger partial charge in [0, 0.05) is 32.8 Å². The molecule has 6 nitrogen and oxygen atoms in total. The first-order valence-corrected chi connectivity index (χ1v) is 6.34. The van der Waals surface area contributed by atoms with Gasteiger partial charge in [-0.1, -0.05) is 6.92 Å². The van der Waals surface area contributed by atoms with Crippen LogP contribution in [-0.2, 0) is 26.6 Å². The molecular formula is C12H20N6. The summed E-state index contributed by atoms with van der Waals surface area (Å²) in [5.41, 5.74) is 1.21. The number of nitrogens with one attached hydrogen (secondary N) is 1. The SMILES string of the molecule is CCCNCc1cncn1CCc1ncn(C)n1. The van der Waals surface area contributed by atoms with E-state index >= 15 is 0 Å². The first-order valence-electron chi connectivity index (χ1n) is 6.34. The molecule has 0 radical (unpaired) electrons. The monoisotopic (exact) mass is 248 g/mol. The molecule has 0 saturated carbocycles. The zero-order valence-electron chi connectivity index (χ0n) is 11.0. The first-order chi connectivity index (χ1) is 8.79. The van der Waals surface area contributed by atoms with Crippen LogP contribution in [0, 0.1) is 0 Å². The van der Waals surface area contributed by atoms with Gasteiger partial charge in [0.05, 0.1) is 12.0 Å². The smallest absolute Gasteiger partial charge is 0.152 e. The molecule has 2 aromatic heterocycles. The summed E-state index contributed by atoms with van der Waals surface area (Å²) in [6.45, 7) is 4.93. The first kappa shape index (κ1) is 12.8. The maximum atomic E-state index is 4.27. The van der Waals surface area contributed by atoms with Gasteiger partial charge in [-0.15, -0.1) is 0 Å². The van der Waals surface area contributed by atoms with Gasteiger partial charge >= 0.3 is 0 Å². The van der Waals surface area contributed by atoms with Crippen molar-refractivity contribution in [3.63, 3.8) is 0 Å². The minimum absolute atomic E-state index is 0.831. The topological polar surface area (TPSA) is 60.6 Å². The van der Waals surface area contributed by atoms with E-state index in [0.29, 0.717) is 0 Å². The van der Waals surface area contributed by atoms with E-state index in [1.165, 1.54) is 5.69 Å². The molecule has 2 aromatic rings. The van der Waals surface area contributed by atoms with Crippen LogP contribution >= 0.6 is 0 Å². The van der Waals surface area contributed by atoms with Crippen molar-refractivity contribution in [2.24, 2.45) is 7.05 Å². The minimum atomic E-state index is 0.831. The van der Waals surface area contributed by atoms with Gasteiger partial charge < -0.3 is 9.88 Å². The zero-order valence-corrected chi connectivity index (χ0v) is 11.0. The summed E-state index contributed by atoms with van der Waals surface area (Å²) in [7, 11) is 1.88. The van der Waals surface area contributed by atoms with Crippen molar-refractivity contribution in [1.82, 2.24) is 29.6 Å². The number of hydrogen-bond donors (Lipinski definition) is 1. The Hall–Kier alpha value is -1.69. The number of imidazole rings is 1. The van der Waals surface area contributed by atoms with Crippen molar-refractivity contribution in [3.8, 4) is 0 Å². The van der Waals surface area contributed by atoms with Crippen LogP contribution in [0.2, 0.25) is 0 Å². The molecule has 2 heterocycles. The Morgan fingerprint density at radius 1 is 1.33 bits per heavy atom. The zero-order chi connectivity index (χ0) is 12.8. The molecule has 0 aliphatic carbocycles. The van der Waals surface area contributed by atoms with E-state index in [2.05, 4.69) is 31.9 Å². The Kier molecular flexibility index (Phi) is 4.46. The van der Waals surface area contributed by atoms with Crippen LogP contribution in [0.1, 0.15) is 24.9 Å². The summed E-state index contributed by atoms with van der Waals surface area (Å²) >= 11 is 0. The predicted octanol–water partition coefficient (Wildman–Crippen LogP) is 0.754. The van der Waals surface area contributed by atoms with Gasteiger partial charge in [-0.25, -0.2) is 9.97 Å². The molecule has 0 aromatic carbocycles. The highest BCUT2D eigenvalue weighted by Gasteiger charge is 2.04. The highest BCUT2D eigenvalue weighted by Crippen LogP contribution is 2.01. The number of aromatic nitrogens is 5. The predicted molar refractivity (Wildman–Crippen MR) is 68.9 cm³/mol. The normalized spacial score (nSPS) is 11.0. The number of rotatable bonds is 7. The van der Waals surface area contributed by atoms with E-state index in [1.807, 2.05) is 19.6 Å². The maximum Gasteiger partial charge on any atom is 0.152 e. The van der Waals surface area contributed by atoms with Crippen LogP contribution < -0.4 is 5.32 Å². The van der Waals surface area contributed by atoms with Crippen molar-refractivity contribution < 1.29 is 0 Å². The van der Waals surface area contributed by atoms with Crippen LogP contribution in [0.4, 0.5) is 0 Å². The number of aryl methyl sites for hydroxylation is 3. The molecule has 18 heavy (non-hydrogen) atoms. The Bertz CT molecular complexity index is 472. The van der Waals surface area contributed by atoms with Crippen LogP contribution in [0.25, 0.3) is 0 Å². The second-order valence-corrected chi connectivity index (χ2v) is 4.34. The maximum absolute atomic E-state index is 4.27. The lowest BCUT2D eigenvalue weighted by atomic mass is 10.3. The van der Waals surface area contributed by atoms with Crippen LogP contribution in [0.15, 0.2) is 18.9 Å². The Balaban J connectivity index is 1.87. The second kappa shape index (κ2) is 6.30. The molecule has 0 aliphatic rings. The molecule has 2 rings (SSSR count). The molecule has 0 spiro atoms. The molecule has 0 atom stereocenters. The minimum Gasteiger partial charge on any atom is -0.333 e. The van der Waals surface area contributed by atoms with Gasteiger partial charge in [0.15, 0.2) is 5.82 Å².